The van der Waals surface area contributed by atoms with Crippen molar-refractivity contribution >= 4 is 5.78 Å². The van der Waals surface area contributed by atoms with Crippen molar-refractivity contribution in [3.8, 4) is 5.75 Å². The molecule has 2 nitrogen and oxygen atoms in total. The fourth-order valence-corrected chi connectivity index (χ4v) is 3.55. The zero-order valence-corrected chi connectivity index (χ0v) is 13.8. The molecule has 2 heteroatoms. The SMILES string of the molecule is CC(=O)C1CCC(CCc2ccc(O)cc2C(C)(C)C)C1. The smallest absolute Gasteiger partial charge is 0.132 e. The molecule has 0 bridgehead atoms. The summed E-state index contributed by atoms with van der Waals surface area (Å²) < 4.78 is 0. The molecule has 2 rings (SSSR count). The first kappa shape index (κ1) is 16.1. The highest BCUT2D eigenvalue weighted by Gasteiger charge is 2.27. The highest BCUT2D eigenvalue weighted by molar-refractivity contribution is 5.78. The average Bonchev–Trinajstić information content (AvgIpc) is 2.85. The highest BCUT2D eigenvalue weighted by atomic mass is 16.3. The second kappa shape index (κ2) is 6.21. The molecule has 1 fully saturated rings. The van der Waals surface area contributed by atoms with Crippen molar-refractivity contribution in [1.82, 2.24) is 0 Å². The molecule has 1 N–H and O–H groups in total. The lowest BCUT2D eigenvalue weighted by molar-refractivity contribution is -0.120. The third-order valence-electron chi connectivity index (χ3n) is 4.84. The monoisotopic (exact) mass is 288 g/mol. The predicted molar refractivity (Wildman–Crippen MR) is 86.6 cm³/mol. The molecule has 0 aromatic heterocycles. The van der Waals surface area contributed by atoms with Crippen molar-refractivity contribution in [2.45, 2.75) is 65.2 Å². The number of rotatable bonds is 4. The number of phenols is 1. The van der Waals surface area contributed by atoms with Gasteiger partial charge in [-0.2, -0.15) is 0 Å². The van der Waals surface area contributed by atoms with Crippen molar-refractivity contribution < 1.29 is 9.90 Å². The molecule has 0 heterocycles. The summed E-state index contributed by atoms with van der Waals surface area (Å²) in [5.74, 6) is 1.69. The van der Waals surface area contributed by atoms with E-state index in [1.165, 1.54) is 17.5 Å². The van der Waals surface area contributed by atoms with Gasteiger partial charge in [-0.15, -0.1) is 0 Å². The summed E-state index contributed by atoms with van der Waals surface area (Å²) >= 11 is 0. The van der Waals surface area contributed by atoms with Crippen LogP contribution < -0.4 is 0 Å². The van der Waals surface area contributed by atoms with Gasteiger partial charge in [0.1, 0.15) is 11.5 Å². The molecule has 1 saturated carbocycles. The second-order valence-electron chi connectivity index (χ2n) is 7.62. The second-order valence-corrected chi connectivity index (χ2v) is 7.62. The van der Waals surface area contributed by atoms with Gasteiger partial charge in [0, 0.05) is 5.92 Å². The summed E-state index contributed by atoms with van der Waals surface area (Å²) in [5, 5.41) is 9.74. The first-order valence-corrected chi connectivity index (χ1v) is 8.10. The third kappa shape index (κ3) is 4.09. The molecule has 0 radical (unpaired) electrons. The van der Waals surface area contributed by atoms with E-state index in [0.717, 1.165) is 25.7 Å². The number of benzene rings is 1. The molecule has 116 valence electrons. The van der Waals surface area contributed by atoms with Gasteiger partial charge in [0.15, 0.2) is 0 Å². The van der Waals surface area contributed by atoms with Crippen molar-refractivity contribution in [1.29, 1.82) is 0 Å². The molecule has 0 saturated heterocycles. The number of carbonyl (C=O) groups is 1. The number of hydrogen-bond donors (Lipinski definition) is 1. The Morgan fingerprint density at radius 3 is 2.57 bits per heavy atom. The van der Waals surface area contributed by atoms with E-state index in [-0.39, 0.29) is 5.41 Å². The standard InChI is InChI=1S/C19H28O2/c1-13(20)16-8-6-14(11-16)5-7-15-9-10-17(21)12-18(15)19(2,3)4/h9-10,12,14,16,21H,5-8,11H2,1-4H3. The maximum Gasteiger partial charge on any atom is 0.132 e. The van der Waals surface area contributed by atoms with Crippen LogP contribution in [0.25, 0.3) is 0 Å². The Morgan fingerprint density at radius 2 is 2.00 bits per heavy atom. The summed E-state index contributed by atoms with van der Waals surface area (Å²) in [4.78, 5) is 11.5. The number of phenolic OH excluding ortho intramolecular Hbond substituents is 1. The first-order valence-electron chi connectivity index (χ1n) is 8.10. The van der Waals surface area contributed by atoms with Crippen LogP contribution in [0.3, 0.4) is 0 Å². The molecule has 1 aliphatic rings. The Bertz CT molecular complexity index is 511. The van der Waals surface area contributed by atoms with Gasteiger partial charge >= 0.3 is 0 Å². The molecule has 0 amide bonds. The maximum absolute atomic E-state index is 11.5. The Labute approximate surface area is 128 Å². The Kier molecular flexibility index (Phi) is 4.75. The van der Waals surface area contributed by atoms with Crippen molar-refractivity contribution in [3.63, 3.8) is 0 Å². The molecular weight excluding hydrogens is 260 g/mol. The zero-order valence-electron chi connectivity index (χ0n) is 13.8. The molecule has 0 spiro atoms. The largest absolute Gasteiger partial charge is 0.508 e. The molecule has 2 atom stereocenters. The summed E-state index contributed by atoms with van der Waals surface area (Å²) in [6.45, 7) is 8.29. The fraction of sp³-hybridized carbons (Fsp3) is 0.632. The third-order valence-corrected chi connectivity index (χ3v) is 4.84. The first-order chi connectivity index (χ1) is 9.77. The Morgan fingerprint density at radius 1 is 1.29 bits per heavy atom. The Hall–Kier alpha value is -1.31. The normalized spacial score (nSPS) is 22.5. The van der Waals surface area contributed by atoms with E-state index >= 15 is 0 Å². The van der Waals surface area contributed by atoms with Crippen molar-refractivity contribution in [2.24, 2.45) is 11.8 Å². The highest BCUT2D eigenvalue weighted by Crippen LogP contribution is 2.36. The Balaban J connectivity index is 2.03. The molecular formula is C19H28O2. The van der Waals surface area contributed by atoms with E-state index in [9.17, 15) is 9.90 Å². The van der Waals surface area contributed by atoms with Crippen LogP contribution in [0.1, 0.15) is 64.5 Å². The summed E-state index contributed by atoms with van der Waals surface area (Å²) in [5.41, 5.74) is 2.63. The number of aryl methyl sites for hydroxylation is 1. The lowest BCUT2D eigenvalue weighted by Crippen LogP contribution is -2.14. The number of hydrogen-bond acceptors (Lipinski definition) is 2. The maximum atomic E-state index is 11.5. The van der Waals surface area contributed by atoms with Gasteiger partial charge < -0.3 is 5.11 Å². The van der Waals surface area contributed by atoms with Crippen LogP contribution in [0, 0.1) is 11.8 Å². The minimum absolute atomic E-state index is 0.0473. The molecule has 1 aromatic carbocycles. The van der Waals surface area contributed by atoms with Gasteiger partial charge in [-0.05, 0) is 73.6 Å². The lowest BCUT2D eigenvalue weighted by Gasteiger charge is -2.24. The van der Waals surface area contributed by atoms with Crippen LogP contribution in [-0.2, 0) is 16.6 Å². The van der Waals surface area contributed by atoms with Gasteiger partial charge in [-0.1, -0.05) is 26.8 Å². The topological polar surface area (TPSA) is 37.3 Å². The van der Waals surface area contributed by atoms with E-state index in [1.54, 1.807) is 13.0 Å². The lowest BCUT2D eigenvalue weighted by atomic mass is 9.81. The molecule has 21 heavy (non-hydrogen) atoms. The van der Waals surface area contributed by atoms with E-state index in [0.29, 0.717) is 23.4 Å². The number of Topliss-reactive ketones (excluding diaryl/α,β-unsaturated/α-hetero) is 1. The van der Waals surface area contributed by atoms with Crippen molar-refractivity contribution in [2.75, 3.05) is 0 Å². The van der Waals surface area contributed by atoms with Crippen LogP contribution in [0.2, 0.25) is 0 Å². The minimum Gasteiger partial charge on any atom is -0.508 e. The van der Waals surface area contributed by atoms with E-state index < -0.39 is 0 Å². The average molecular weight is 288 g/mol. The van der Waals surface area contributed by atoms with Crippen LogP contribution in [0.15, 0.2) is 18.2 Å². The van der Waals surface area contributed by atoms with Gasteiger partial charge in [0.2, 0.25) is 0 Å². The van der Waals surface area contributed by atoms with Crippen molar-refractivity contribution in [3.05, 3.63) is 29.3 Å². The van der Waals surface area contributed by atoms with Crippen LogP contribution in [0.4, 0.5) is 0 Å². The number of ketones is 1. The zero-order chi connectivity index (χ0) is 15.6. The van der Waals surface area contributed by atoms with Crippen LogP contribution >= 0.6 is 0 Å². The fourth-order valence-electron chi connectivity index (χ4n) is 3.55. The molecule has 0 aliphatic heterocycles. The molecule has 1 aromatic rings. The van der Waals surface area contributed by atoms with E-state index in [2.05, 4.69) is 26.8 Å². The predicted octanol–water partition coefficient (Wildman–Crippen LogP) is 4.63. The summed E-state index contributed by atoms with van der Waals surface area (Å²) in [7, 11) is 0. The van der Waals surface area contributed by atoms with E-state index in [1.807, 2.05) is 6.07 Å². The number of carbonyl (C=O) groups excluding carboxylic acids is 1. The number of aromatic hydroxyl groups is 1. The summed E-state index contributed by atoms with van der Waals surface area (Å²) in [6, 6.07) is 5.76. The van der Waals surface area contributed by atoms with Crippen LogP contribution in [0.5, 0.6) is 5.75 Å². The minimum atomic E-state index is 0.0473. The quantitative estimate of drug-likeness (QED) is 0.877. The van der Waals surface area contributed by atoms with Crippen LogP contribution in [-0.4, -0.2) is 10.9 Å². The van der Waals surface area contributed by atoms with Gasteiger partial charge in [0.25, 0.3) is 0 Å². The molecule has 2 unspecified atom stereocenters. The van der Waals surface area contributed by atoms with E-state index in [4.69, 9.17) is 0 Å². The summed E-state index contributed by atoms with van der Waals surface area (Å²) in [6.07, 6.45) is 5.52. The van der Waals surface area contributed by atoms with Gasteiger partial charge in [0.05, 0.1) is 0 Å². The van der Waals surface area contributed by atoms with Gasteiger partial charge in [-0.3, -0.25) is 4.79 Å². The molecule has 1 aliphatic carbocycles. The van der Waals surface area contributed by atoms with Gasteiger partial charge in [-0.25, -0.2) is 0 Å².